The average molecular weight is 431 g/mol. The average Bonchev–Trinajstić information content (AvgIpc) is 2.61. The van der Waals surface area contributed by atoms with Crippen molar-refractivity contribution in [3.05, 3.63) is 55.9 Å². The number of fused-ring (bicyclic) bond motifs is 1. The minimum Gasteiger partial charge on any atom is -0.486 e. The van der Waals surface area contributed by atoms with E-state index in [1.807, 2.05) is 0 Å². The summed E-state index contributed by atoms with van der Waals surface area (Å²) >= 11 is 18.0. The predicted molar refractivity (Wildman–Crippen MR) is 99.7 cm³/mol. The lowest BCUT2D eigenvalue weighted by Crippen LogP contribution is -2.15. The third kappa shape index (κ3) is 3.62. The maximum absolute atomic E-state index is 12.8. The lowest BCUT2D eigenvalue weighted by molar-refractivity contribution is 0.171. The molecule has 1 aliphatic rings. The molecule has 0 atom stereocenters. The van der Waals surface area contributed by atoms with E-state index in [0.717, 1.165) is 0 Å². The summed E-state index contributed by atoms with van der Waals surface area (Å²) in [6.07, 6.45) is 1.19. The van der Waals surface area contributed by atoms with Crippen LogP contribution in [0.25, 0.3) is 6.08 Å². The van der Waals surface area contributed by atoms with Crippen LogP contribution in [0.4, 0.5) is 0 Å². The van der Waals surface area contributed by atoms with E-state index in [9.17, 15) is 13.7 Å². The molecular weight excluding hydrogens is 421 g/mol. The van der Waals surface area contributed by atoms with Gasteiger partial charge in [-0.25, -0.2) is 8.42 Å². The molecule has 0 N–H and O–H groups in total. The van der Waals surface area contributed by atoms with Crippen LogP contribution in [0.2, 0.25) is 15.1 Å². The van der Waals surface area contributed by atoms with Gasteiger partial charge in [0.05, 0.1) is 14.9 Å². The van der Waals surface area contributed by atoms with Crippen LogP contribution in [0.1, 0.15) is 5.56 Å². The van der Waals surface area contributed by atoms with Crippen molar-refractivity contribution < 1.29 is 17.9 Å². The number of hydrogen-bond donors (Lipinski definition) is 0. The summed E-state index contributed by atoms with van der Waals surface area (Å²) in [5, 5.41) is 9.80. The van der Waals surface area contributed by atoms with Crippen LogP contribution in [0.5, 0.6) is 11.5 Å². The standard InChI is InChI=1S/C17H10Cl3NO4S/c18-11-1-2-13(19)16(8-11)26(22,23)12(9-21)5-10-6-14(20)17-15(7-10)24-3-4-25-17/h1-2,5-8H,3-4H2/b12-5+. The maximum atomic E-state index is 12.8. The van der Waals surface area contributed by atoms with Crippen molar-refractivity contribution >= 4 is 50.7 Å². The van der Waals surface area contributed by atoms with E-state index in [1.165, 1.54) is 30.3 Å². The highest BCUT2D eigenvalue weighted by molar-refractivity contribution is 7.95. The first-order valence-electron chi connectivity index (χ1n) is 7.24. The third-order valence-electron chi connectivity index (χ3n) is 3.50. The third-order valence-corrected chi connectivity index (χ3v) is 6.16. The number of nitrogens with zero attached hydrogens (tertiary/aromatic N) is 1. The van der Waals surface area contributed by atoms with Gasteiger partial charge < -0.3 is 9.47 Å². The monoisotopic (exact) mass is 429 g/mol. The zero-order valence-electron chi connectivity index (χ0n) is 13.0. The van der Waals surface area contributed by atoms with Crippen molar-refractivity contribution in [2.75, 3.05) is 13.2 Å². The lowest BCUT2D eigenvalue weighted by atomic mass is 10.2. The molecule has 0 fully saturated rings. The lowest BCUT2D eigenvalue weighted by Gasteiger charge is -2.19. The van der Waals surface area contributed by atoms with E-state index in [2.05, 4.69) is 0 Å². The van der Waals surface area contributed by atoms with Crippen molar-refractivity contribution in [3.8, 4) is 17.6 Å². The summed E-state index contributed by atoms with van der Waals surface area (Å²) in [5.41, 5.74) is 0.373. The van der Waals surface area contributed by atoms with Crippen molar-refractivity contribution in [1.29, 1.82) is 5.26 Å². The molecule has 0 unspecified atom stereocenters. The Labute approximate surface area is 165 Å². The number of halogens is 3. The van der Waals surface area contributed by atoms with Gasteiger partial charge in [0, 0.05) is 5.02 Å². The van der Waals surface area contributed by atoms with Crippen molar-refractivity contribution in [2.24, 2.45) is 0 Å². The second-order valence-corrected chi connectivity index (χ2v) is 8.36. The second-order valence-electron chi connectivity index (χ2n) is 5.23. The molecule has 0 saturated heterocycles. The zero-order valence-corrected chi connectivity index (χ0v) is 16.1. The first-order valence-corrected chi connectivity index (χ1v) is 9.85. The fourth-order valence-corrected chi connectivity index (χ4v) is 4.52. The van der Waals surface area contributed by atoms with Crippen LogP contribution in [-0.2, 0) is 9.84 Å². The molecule has 3 rings (SSSR count). The Kier molecular flexibility index (Phi) is 5.35. The molecule has 0 amide bonds. The molecule has 0 aliphatic carbocycles. The van der Waals surface area contributed by atoms with Gasteiger partial charge >= 0.3 is 0 Å². The van der Waals surface area contributed by atoms with Gasteiger partial charge in [-0.1, -0.05) is 34.8 Å². The van der Waals surface area contributed by atoms with E-state index in [4.69, 9.17) is 44.3 Å². The SMILES string of the molecule is N#C/C(=C\c1cc(Cl)c2c(c1)OCCO2)S(=O)(=O)c1cc(Cl)ccc1Cl. The molecule has 5 nitrogen and oxygen atoms in total. The van der Waals surface area contributed by atoms with E-state index in [-0.39, 0.29) is 20.0 Å². The quantitative estimate of drug-likeness (QED) is 0.656. The number of hydrogen-bond acceptors (Lipinski definition) is 5. The molecule has 2 aromatic carbocycles. The summed E-state index contributed by atoms with van der Waals surface area (Å²) in [6, 6.07) is 8.73. The van der Waals surface area contributed by atoms with Gasteiger partial charge in [-0.2, -0.15) is 5.26 Å². The molecule has 134 valence electrons. The van der Waals surface area contributed by atoms with Gasteiger partial charge in [0.25, 0.3) is 0 Å². The van der Waals surface area contributed by atoms with Gasteiger partial charge in [-0.3, -0.25) is 0 Å². The molecule has 9 heteroatoms. The first kappa shape index (κ1) is 18.9. The normalized spacial score (nSPS) is 14.0. The Hall–Kier alpha value is -1.91. The fraction of sp³-hybridized carbons (Fsp3) is 0.118. The highest BCUT2D eigenvalue weighted by Crippen LogP contribution is 2.39. The number of rotatable bonds is 3. The molecule has 0 aromatic heterocycles. The summed E-state index contributed by atoms with van der Waals surface area (Å²) in [7, 11) is -4.17. The van der Waals surface area contributed by atoms with E-state index in [1.54, 1.807) is 12.1 Å². The van der Waals surface area contributed by atoms with Gasteiger partial charge in [0.2, 0.25) is 9.84 Å². The zero-order chi connectivity index (χ0) is 18.9. The van der Waals surface area contributed by atoms with Crippen LogP contribution in [0.15, 0.2) is 40.1 Å². The van der Waals surface area contributed by atoms with Crippen molar-refractivity contribution in [3.63, 3.8) is 0 Å². The molecule has 0 radical (unpaired) electrons. The Balaban J connectivity index is 2.10. The van der Waals surface area contributed by atoms with Crippen molar-refractivity contribution in [1.82, 2.24) is 0 Å². The van der Waals surface area contributed by atoms with Crippen LogP contribution in [0, 0.1) is 11.3 Å². The minimum absolute atomic E-state index is 0.0317. The van der Waals surface area contributed by atoms with Gasteiger partial charge in [0.15, 0.2) is 11.5 Å². The van der Waals surface area contributed by atoms with E-state index >= 15 is 0 Å². The number of allylic oxidation sites excluding steroid dienone is 1. The highest BCUT2D eigenvalue weighted by Gasteiger charge is 2.25. The van der Waals surface area contributed by atoms with Crippen LogP contribution >= 0.6 is 34.8 Å². The summed E-state index contributed by atoms with van der Waals surface area (Å²) in [4.78, 5) is -0.752. The van der Waals surface area contributed by atoms with Gasteiger partial charge in [-0.05, 0) is 42.0 Å². The number of benzene rings is 2. The molecule has 0 bridgehead atoms. The molecule has 0 saturated carbocycles. The van der Waals surface area contributed by atoms with Crippen LogP contribution in [-0.4, -0.2) is 21.6 Å². The smallest absolute Gasteiger partial charge is 0.218 e. The predicted octanol–water partition coefficient (Wildman–Crippen LogP) is 4.76. The molecule has 1 heterocycles. The highest BCUT2D eigenvalue weighted by atomic mass is 35.5. The Morgan fingerprint density at radius 3 is 2.54 bits per heavy atom. The van der Waals surface area contributed by atoms with E-state index < -0.39 is 14.7 Å². The summed E-state index contributed by atoms with van der Waals surface area (Å²) < 4.78 is 36.5. The molecule has 0 spiro atoms. The number of nitriles is 1. The van der Waals surface area contributed by atoms with E-state index in [0.29, 0.717) is 30.3 Å². The number of sulfone groups is 1. The fourth-order valence-electron chi connectivity index (χ4n) is 2.34. The minimum atomic E-state index is -4.17. The topological polar surface area (TPSA) is 76.4 Å². The molecule has 2 aromatic rings. The molecule has 1 aliphatic heterocycles. The number of ether oxygens (including phenoxy) is 2. The second kappa shape index (κ2) is 7.37. The van der Waals surface area contributed by atoms with Crippen LogP contribution < -0.4 is 9.47 Å². The van der Waals surface area contributed by atoms with Gasteiger partial charge in [-0.15, -0.1) is 0 Å². The Morgan fingerprint density at radius 1 is 1.08 bits per heavy atom. The Morgan fingerprint density at radius 2 is 1.81 bits per heavy atom. The van der Waals surface area contributed by atoms with Crippen molar-refractivity contribution in [2.45, 2.75) is 4.90 Å². The maximum Gasteiger partial charge on any atom is 0.218 e. The summed E-state index contributed by atoms with van der Waals surface area (Å²) in [6.45, 7) is 0.713. The van der Waals surface area contributed by atoms with Crippen LogP contribution in [0.3, 0.4) is 0 Å². The largest absolute Gasteiger partial charge is 0.486 e. The summed E-state index contributed by atoms with van der Waals surface area (Å²) in [5.74, 6) is 0.764. The molecule has 26 heavy (non-hydrogen) atoms. The Bertz CT molecular complexity index is 1060. The molecular formula is C17H10Cl3NO4S. The van der Waals surface area contributed by atoms with Gasteiger partial charge in [0.1, 0.15) is 24.2 Å². The first-order chi connectivity index (χ1) is 12.3.